The molecule has 0 fully saturated rings. The van der Waals surface area contributed by atoms with Crippen molar-refractivity contribution in [1.82, 2.24) is 4.57 Å². The standard InChI is InChI=1S/C23H18FN5O4/c1-15-20(13-25-26-21-11-10-18(28(30)31)12-23(21)29(32)33)19-4-2-3-5-22(19)27(15)14-16-6-8-17(24)9-7-16/h2-13,26H,14H2,1H3/b25-13-. The molecule has 0 bridgehead atoms. The van der Waals surface area contributed by atoms with Crippen molar-refractivity contribution in [3.05, 3.63) is 110 Å². The van der Waals surface area contributed by atoms with Crippen LogP contribution in [0, 0.1) is 33.0 Å². The Hall–Kier alpha value is -4.60. The van der Waals surface area contributed by atoms with Crippen LogP contribution in [-0.2, 0) is 6.54 Å². The highest BCUT2D eigenvalue weighted by atomic mass is 19.1. The van der Waals surface area contributed by atoms with Crippen LogP contribution in [-0.4, -0.2) is 20.6 Å². The second-order valence-electron chi connectivity index (χ2n) is 7.31. The van der Waals surface area contributed by atoms with Crippen LogP contribution in [0.1, 0.15) is 16.8 Å². The fourth-order valence-electron chi connectivity index (χ4n) is 3.64. The summed E-state index contributed by atoms with van der Waals surface area (Å²) in [5.41, 5.74) is 5.44. The molecule has 1 aromatic heterocycles. The highest BCUT2D eigenvalue weighted by molar-refractivity contribution is 6.01. The molecule has 0 aliphatic carbocycles. The monoisotopic (exact) mass is 447 g/mol. The van der Waals surface area contributed by atoms with E-state index in [1.807, 2.05) is 31.2 Å². The molecule has 0 amide bonds. The number of nitro groups is 2. The molecule has 33 heavy (non-hydrogen) atoms. The highest BCUT2D eigenvalue weighted by Gasteiger charge is 2.19. The molecule has 1 heterocycles. The molecule has 166 valence electrons. The van der Waals surface area contributed by atoms with Crippen molar-refractivity contribution in [2.24, 2.45) is 5.10 Å². The number of hydrazone groups is 1. The molecule has 0 unspecified atom stereocenters. The van der Waals surface area contributed by atoms with E-state index in [4.69, 9.17) is 0 Å². The summed E-state index contributed by atoms with van der Waals surface area (Å²) < 4.78 is 15.4. The number of rotatable bonds is 7. The van der Waals surface area contributed by atoms with Gasteiger partial charge in [-0.1, -0.05) is 30.3 Å². The molecule has 0 radical (unpaired) electrons. The summed E-state index contributed by atoms with van der Waals surface area (Å²) in [5.74, 6) is -0.299. The van der Waals surface area contributed by atoms with Crippen LogP contribution in [0.2, 0.25) is 0 Å². The zero-order chi connectivity index (χ0) is 23.5. The van der Waals surface area contributed by atoms with Crippen LogP contribution in [0.3, 0.4) is 0 Å². The molecule has 4 aromatic rings. The maximum absolute atomic E-state index is 13.3. The number of nitrogens with one attached hydrogen (secondary N) is 1. The second-order valence-corrected chi connectivity index (χ2v) is 7.31. The third-order valence-electron chi connectivity index (χ3n) is 5.30. The van der Waals surface area contributed by atoms with Crippen LogP contribution in [0.4, 0.5) is 21.5 Å². The lowest BCUT2D eigenvalue weighted by Gasteiger charge is -2.09. The van der Waals surface area contributed by atoms with Crippen molar-refractivity contribution in [2.75, 3.05) is 5.43 Å². The summed E-state index contributed by atoms with van der Waals surface area (Å²) in [4.78, 5) is 20.8. The van der Waals surface area contributed by atoms with Gasteiger partial charge < -0.3 is 4.57 Å². The van der Waals surface area contributed by atoms with Crippen LogP contribution in [0.5, 0.6) is 0 Å². The predicted octanol–water partition coefficient (Wildman–Crippen LogP) is 5.40. The molecule has 0 atom stereocenters. The largest absolute Gasteiger partial charge is 0.340 e. The molecule has 1 N–H and O–H groups in total. The van der Waals surface area contributed by atoms with Crippen molar-refractivity contribution in [3.8, 4) is 0 Å². The molecule has 9 nitrogen and oxygen atoms in total. The smallest absolute Gasteiger partial charge is 0.301 e. The van der Waals surface area contributed by atoms with E-state index >= 15 is 0 Å². The topological polar surface area (TPSA) is 116 Å². The second kappa shape index (κ2) is 8.87. The Bertz CT molecular complexity index is 1400. The van der Waals surface area contributed by atoms with Gasteiger partial charge in [0.05, 0.1) is 22.1 Å². The number of halogens is 1. The van der Waals surface area contributed by atoms with E-state index in [1.54, 1.807) is 18.3 Å². The normalized spacial score (nSPS) is 11.2. The number of nitrogens with zero attached hydrogens (tertiary/aromatic N) is 4. The molecule has 10 heteroatoms. The minimum atomic E-state index is -0.704. The molecule has 0 aliphatic heterocycles. The summed E-state index contributed by atoms with van der Waals surface area (Å²) in [6, 6.07) is 17.3. The van der Waals surface area contributed by atoms with Crippen molar-refractivity contribution in [2.45, 2.75) is 13.5 Å². The third-order valence-corrected chi connectivity index (χ3v) is 5.30. The lowest BCUT2D eigenvalue weighted by atomic mass is 10.1. The first-order chi connectivity index (χ1) is 15.8. The molecule has 3 aromatic carbocycles. The maximum atomic E-state index is 13.3. The number of non-ortho nitro benzene ring substituents is 1. The van der Waals surface area contributed by atoms with Crippen LogP contribution >= 0.6 is 0 Å². The minimum Gasteiger partial charge on any atom is -0.340 e. The minimum absolute atomic E-state index is 0.0366. The highest BCUT2D eigenvalue weighted by Crippen LogP contribution is 2.29. The Labute approximate surface area is 187 Å². The molecule has 4 rings (SSSR count). The maximum Gasteiger partial charge on any atom is 0.301 e. The van der Waals surface area contributed by atoms with Crippen LogP contribution in [0.15, 0.2) is 71.8 Å². The van der Waals surface area contributed by atoms with Crippen LogP contribution < -0.4 is 5.43 Å². The van der Waals surface area contributed by atoms with Crippen molar-refractivity contribution in [1.29, 1.82) is 0 Å². The van der Waals surface area contributed by atoms with E-state index in [9.17, 15) is 24.6 Å². The van der Waals surface area contributed by atoms with Gasteiger partial charge in [0.2, 0.25) is 0 Å². The quantitative estimate of drug-likeness (QED) is 0.231. The van der Waals surface area contributed by atoms with Crippen molar-refractivity contribution in [3.63, 3.8) is 0 Å². The van der Waals surface area contributed by atoms with E-state index < -0.39 is 15.5 Å². The number of aromatic nitrogens is 1. The van der Waals surface area contributed by atoms with Crippen molar-refractivity contribution < 1.29 is 14.2 Å². The Kier molecular flexibility index (Phi) is 5.81. The van der Waals surface area contributed by atoms with E-state index in [0.717, 1.165) is 33.8 Å². The molecule has 0 aliphatic rings. The average Bonchev–Trinajstić information content (AvgIpc) is 3.06. The van der Waals surface area contributed by atoms with E-state index in [-0.39, 0.29) is 17.2 Å². The van der Waals surface area contributed by atoms with E-state index in [0.29, 0.717) is 6.54 Å². The number of fused-ring (bicyclic) bond motifs is 1. The van der Waals surface area contributed by atoms with Gasteiger partial charge in [0.1, 0.15) is 11.5 Å². The van der Waals surface area contributed by atoms with Gasteiger partial charge in [-0.3, -0.25) is 25.7 Å². The molecule has 0 spiro atoms. The fourth-order valence-corrected chi connectivity index (χ4v) is 3.64. The number of hydrogen-bond acceptors (Lipinski definition) is 6. The van der Waals surface area contributed by atoms with Gasteiger partial charge in [-0.15, -0.1) is 0 Å². The van der Waals surface area contributed by atoms with E-state index in [1.165, 1.54) is 24.3 Å². The third kappa shape index (κ3) is 4.40. The summed E-state index contributed by atoms with van der Waals surface area (Å²) in [7, 11) is 0. The fraction of sp³-hybridized carbons (Fsp3) is 0.0870. The van der Waals surface area contributed by atoms with Gasteiger partial charge in [0.25, 0.3) is 5.69 Å². The molecule has 0 saturated heterocycles. The first-order valence-electron chi connectivity index (χ1n) is 9.89. The number of hydrogen-bond donors (Lipinski definition) is 1. The van der Waals surface area contributed by atoms with E-state index in [2.05, 4.69) is 15.1 Å². The van der Waals surface area contributed by atoms with Gasteiger partial charge in [-0.05, 0) is 36.8 Å². The summed E-state index contributed by atoms with van der Waals surface area (Å²) >= 11 is 0. The van der Waals surface area contributed by atoms with Gasteiger partial charge >= 0.3 is 5.69 Å². The number of anilines is 1. The summed E-state index contributed by atoms with van der Waals surface area (Å²) in [6.45, 7) is 2.46. The number of nitro benzene ring substituents is 2. The SMILES string of the molecule is Cc1c(/C=N\Nc2ccc([N+](=O)[O-])cc2[N+](=O)[O-])c2ccccc2n1Cc1ccc(F)cc1. The molecular formula is C23H18FN5O4. The molecule has 0 saturated carbocycles. The lowest BCUT2D eigenvalue weighted by Crippen LogP contribution is -2.03. The van der Waals surface area contributed by atoms with Gasteiger partial charge in [-0.25, -0.2) is 4.39 Å². The Balaban J connectivity index is 1.67. The zero-order valence-electron chi connectivity index (χ0n) is 17.4. The van der Waals surface area contributed by atoms with Gasteiger partial charge in [0.15, 0.2) is 0 Å². The summed E-state index contributed by atoms with van der Waals surface area (Å²) in [5, 5.41) is 27.3. The van der Waals surface area contributed by atoms with Gasteiger partial charge in [-0.2, -0.15) is 5.10 Å². The Morgan fingerprint density at radius 3 is 2.45 bits per heavy atom. The van der Waals surface area contributed by atoms with Gasteiger partial charge in [0, 0.05) is 34.8 Å². The first kappa shape index (κ1) is 21.6. The predicted molar refractivity (Wildman–Crippen MR) is 123 cm³/mol. The first-order valence-corrected chi connectivity index (χ1v) is 9.89. The lowest BCUT2D eigenvalue weighted by molar-refractivity contribution is -0.393. The Morgan fingerprint density at radius 1 is 1.03 bits per heavy atom. The average molecular weight is 447 g/mol. The van der Waals surface area contributed by atoms with Crippen LogP contribution in [0.25, 0.3) is 10.9 Å². The molecular weight excluding hydrogens is 429 g/mol. The zero-order valence-corrected chi connectivity index (χ0v) is 17.4. The number of benzene rings is 3. The number of para-hydroxylation sites is 1. The summed E-state index contributed by atoms with van der Waals surface area (Å²) in [6.07, 6.45) is 1.56. The Morgan fingerprint density at radius 2 is 1.76 bits per heavy atom. The van der Waals surface area contributed by atoms with Crippen molar-refractivity contribution >= 4 is 34.2 Å².